The van der Waals surface area contributed by atoms with E-state index in [2.05, 4.69) is 36.0 Å². The van der Waals surface area contributed by atoms with E-state index in [-0.39, 0.29) is 11.3 Å². The van der Waals surface area contributed by atoms with Crippen LogP contribution < -0.4 is 5.32 Å². The maximum atomic E-state index is 11.9. The summed E-state index contributed by atoms with van der Waals surface area (Å²) >= 11 is 1.48. The maximum absolute atomic E-state index is 11.9. The van der Waals surface area contributed by atoms with Crippen molar-refractivity contribution in [3.8, 4) is 0 Å². The minimum atomic E-state index is -0.00305. The molecule has 0 unspecified atom stereocenters. The van der Waals surface area contributed by atoms with E-state index in [1.54, 1.807) is 0 Å². The minimum Gasteiger partial charge on any atom is -0.379 e. The second-order valence-electron chi connectivity index (χ2n) is 5.72. The third kappa shape index (κ3) is 4.26. The third-order valence-corrected chi connectivity index (χ3v) is 3.75. The monoisotopic (exact) mass is 283 g/mol. The molecule has 1 saturated heterocycles. The van der Waals surface area contributed by atoms with Gasteiger partial charge in [-0.15, -0.1) is 11.3 Å². The van der Waals surface area contributed by atoms with Gasteiger partial charge in [-0.25, -0.2) is 4.98 Å². The Morgan fingerprint density at radius 2 is 2.16 bits per heavy atom. The van der Waals surface area contributed by atoms with Crippen molar-refractivity contribution in [2.75, 3.05) is 38.2 Å². The molecular weight excluding hydrogens is 262 g/mol. The molecule has 0 aliphatic carbocycles. The Labute approximate surface area is 118 Å². The highest BCUT2D eigenvalue weighted by Crippen LogP contribution is 2.26. The quantitative estimate of drug-likeness (QED) is 0.917. The first-order valence-corrected chi connectivity index (χ1v) is 7.39. The molecule has 1 aromatic heterocycles. The van der Waals surface area contributed by atoms with Gasteiger partial charge in [0.1, 0.15) is 0 Å². The number of amides is 1. The first kappa shape index (κ1) is 14.4. The lowest BCUT2D eigenvalue weighted by Gasteiger charge is -2.25. The second kappa shape index (κ2) is 5.98. The largest absolute Gasteiger partial charge is 0.379 e. The van der Waals surface area contributed by atoms with Crippen LogP contribution in [0.1, 0.15) is 26.5 Å². The van der Waals surface area contributed by atoms with Gasteiger partial charge in [0.25, 0.3) is 0 Å². The highest BCUT2D eigenvalue weighted by molar-refractivity contribution is 7.13. The van der Waals surface area contributed by atoms with Gasteiger partial charge in [0, 0.05) is 23.9 Å². The Balaban J connectivity index is 1.86. The number of nitrogens with one attached hydrogen (secondary N) is 1. The molecule has 6 heteroatoms. The van der Waals surface area contributed by atoms with Gasteiger partial charge in [0.05, 0.1) is 25.5 Å². The number of ether oxygens (including phenoxy) is 1. The second-order valence-corrected chi connectivity index (χ2v) is 6.58. The van der Waals surface area contributed by atoms with Crippen LogP contribution in [0.2, 0.25) is 0 Å². The van der Waals surface area contributed by atoms with E-state index in [9.17, 15) is 4.79 Å². The van der Waals surface area contributed by atoms with Gasteiger partial charge >= 0.3 is 0 Å². The molecule has 1 fully saturated rings. The standard InChI is InChI=1S/C13H21N3O2S/c1-13(2,3)10-9-19-12(14-10)15-11(17)8-16-4-6-18-7-5-16/h9H,4-8H2,1-3H3,(H,14,15,17). The molecule has 1 aliphatic rings. The van der Waals surface area contributed by atoms with Crippen molar-refractivity contribution < 1.29 is 9.53 Å². The molecule has 0 bridgehead atoms. The summed E-state index contributed by atoms with van der Waals surface area (Å²) in [7, 11) is 0. The summed E-state index contributed by atoms with van der Waals surface area (Å²) in [6, 6.07) is 0. The van der Waals surface area contributed by atoms with Gasteiger partial charge in [0.2, 0.25) is 5.91 Å². The fraction of sp³-hybridized carbons (Fsp3) is 0.692. The molecule has 1 aromatic rings. The first-order valence-electron chi connectivity index (χ1n) is 6.51. The molecule has 19 heavy (non-hydrogen) atoms. The van der Waals surface area contributed by atoms with Crippen LogP contribution in [0.4, 0.5) is 5.13 Å². The number of carbonyl (C=O) groups is 1. The Morgan fingerprint density at radius 3 is 2.74 bits per heavy atom. The molecule has 0 saturated carbocycles. The highest BCUT2D eigenvalue weighted by atomic mass is 32.1. The van der Waals surface area contributed by atoms with Crippen molar-refractivity contribution in [1.29, 1.82) is 0 Å². The molecule has 0 radical (unpaired) electrons. The van der Waals surface area contributed by atoms with Crippen LogP contribution >= 0.6 is 11.3 Å². The molecule has 106 valence electrons. The molecule has 2 rings (SSSR count). The van der Waals surface area contributed by atoms with Crippen LogP contribution in [0.15, 0.2) is 5.38 Å². The number of rotatable bonds is 3. The third-order valence-electron chi connectivity index (χ3n) is 2.99. The molecule has 1 N–H and O–H groups in total. The summed E-state index contributed by atoms with van der Waals surface area (Å²) in [6.45, 7) is 9.80. The number of hydrogen-bond donors (Lipinski definition) is 1. The summed E-state index contributed by atoms with van der Waals surface area (Å²) in [5.41, 5.74) is 1.03. The normalized spacial score (nSPS) is 17.4. The number of hydrogen-bond acceptors (Lipinski definition) is 5. The molecule has 5 nitrogen and oxygen atoms in total. The molecule has 2 heterocycles. The lowest BCUT2D eigenvalue weighted by Crippen LogP contribution is -2.41. The minimum absolute atomic E-state index is 0.00305. The Bertz CT molecular complexity index is 433. The van der Waals surface area contributed by atoms with Gasteiger partial charge in [-0.1, -0.05) is 20.8 Å². The van der Waals surface area contributed by atoms with Crippen LogP contribution in [0.5, 0.6) is 0 Å². The average Bonchev–Trinajstić information content (AvgIpc) is 2.78. The van der Waals surface area contributed by atoms with Crippen LogP contribution in [0, 0.1) is 0 Å². The zero-order valence-electron chi connectivity index (χ0n) is 11.7. The number of anilines is 1. The van der Waals surface area contributed by atoms with Crippen LogP contribution in [-0.4, -0.2) is 48.6 Å². The zero-order chi connectivity index (χ0) is 13.9. The highest BCUT2D eigenvalue weighted by Gasteiger charge is 2.19. The fourth-order valence-corrected chi connectivity index (χ4v) is 2.75. The van der Waals surface area contributed by atoms with E-state index in [4.69, 9.17) is 4.74 Å². The van der Waals surface area contributed by atoms with Crippen molar-refractivity contribution >= 4 is 22.4 Å². The van der Waals surface area contributed by atoms with Crippen molar-refractivity contribution in [1.82, 2.24) is 9.88 Å². The van der Waals surface area contributed by atoms with Gasteiger partial charge < -0.3 is 10.1 Å². The first-order chi connectivity index (χ1) is 8.95. The number of thiazole rings is 1. The van der Waals surface area contributed by atoms with Crippen molar-refractivity contribution in [2.24, 2.45) is 0 Å². The summed E-state index contributed by atoms with van der Waals surface area (Å²) < 4.78 is 5.26. The molecular formula is C13H21N3O2S. The van der Waals surface area contributed by atoms with E-state index < -0.39 is 0 Å². The number of carbonyl (C=O) groups excluding carboxylic acids is 1. The van der Waals surface area contributed by atoms with E-state index in [1.165, 1.54) is 11.3 Å². The van der Waals surface area contributed by atoms with E-state index in [0.29, 0.717) is 24.9 Å². The van der Waals surface area contributed by atoms with Gasteiger partial charge in [0.15, 0.2) is 5.13 Å². The van der Waals surface area contributed by atoms with Crippen LogP contribution in [0.3, 0.4) is 0 Å². The Hall–Kier alpha value is -0.980. The summed E-state index contributed by atoms with van der Waals surface area (Å²) in [5, 5.41) is 5.56. The zero-order valence-corrected chi connectivity index (χ0v) is 12.5. The number of nitrogens with zero attached hydrogens (tertiary/aromatic N) is 2. The van der Waals surface area contributed by atoms with Crippen molar-refractivity contribution in [3.63, 3.8) is 0 Å². The van der Waals surface area contributed by atoms with Crippen molar-refractivity contribution in [2.45, 2.75) is 26.2 Å². The van der Waals surface area contributed by atoms with Gasteiger partial charge in [-0.05, 0) is 0 Å². The van der Waals surface area contributed by atoms with Crippen molar-refractivity contribution in [3.05, 3.63) is 11.1 Å². The van der Waals surface area contributed by atoms with Crippen LogP contribution in [0.25, 0.3) is 0 Å². The maximum Gasteiger partial charge on any atom is 0.240 e. The molecule has 1 aliphatic heterocycles. The van der Waals surface area contributed by atoms with E-state index >= 15 is 0 Å². The topological polar surface area (TPSA) is 54.5 Å². The smallest absolute Gasteiger partial charge is 0.240 e. The number of morpholine rings is 1. The molecule has 0 atom stereocenters. The van der Waals surface area contributed by atoms with Gasteiger partial charge in [-0.3, -0.25) is 9.69 Å². The van der Waals surface area contributed by atoms with Crippen LogP contribution in [-0.2, 0) is 14.9 Å². The molecule has 0 spiro atoms. The summed E-state index contributed by atoms with van der Waals surface area (Å²) in [4.78, 5) is 18.5. The lowest BCUT2D eigenvalue weighted by molar-refractivity contribution is -0.118. The molecule has 0 aromatic carbocycles. The lowest BCUT2D eigenvalue weighted by atomic mass is 9.93. The molecule has 1 amide bonds. The Kier molecular flexibility index (Phi) is 4.54. The number of aromatic nitrogens is 1. The predicted octanol–water partition coefficient (Wildman–Crippen LogP) is 1.71. The fourth-order valence-electron chi connectivity index (χ4n) is 1.80. The predicted molar refractivity (Wildman–Crippen MR) is 76.7 cm³/mol. The van der Waals surface area contributed by atoms with Gasteiger partial charge in [-0.2, -0.15) is 0 Å². The average molecular weight is 283 g/mol. The Morgan fingerprint density at radius 1 is 1.47 bits per heavy atom. The summed E-state index contributed by atoms with van der Waals surface area (Å²) in [6.07, 6.45) is 0. The van der Waals surface area contributed by atoms with E-state index in [0.717, 1.165) is 18.8 Å². The summed E-state index contributed by atoms with van der Waals surface area (Å²) in [5.74, 6) is -0.00305. The van der Waals surface area contributed by atoms with E-state index in [1.807, 2.05) is 5.38 Å². The SMILES string of the molecule is CC(C)(C)c1csc(NC(=O)CN2CCOCC2)n1.